The molecule has 2 atom stereocenters. The van der Waals surface area contributed by atoms with Crippen LogP contribution >= 0.6 is 0 Å². The molecule has 1 unspecified atom stereocenters. The van der Waals surface area contributed by atoms with Crippen molar-refractivity contribution >= 4 is 22.8 Å². The van der Waals surface area contributed by atoms with Gasteiger partial charge < -0.3 is 25.0 Å². The van der Waals surface area contributed by atoms with Crippen LogP contribution in [-0.4, -0.2) is 66.6 Å². The first kappa shape index (κ1) is 21.1. The first-order valence-corrected chi connectivity index (χ1v) is 11.3. The van der Waals surface area contributed by atoms with E-state index in [1.807, 2.05) is 12.1 Å². The average Bonchev–Trinajstić information content (AvgIpc) is 2.84. The van der Waals surface area contributed by atoms with Crippen molar-refractivity contribution in [2.24, 2.45) is 5.73 Å². The topological polar surface area (TPSA) is 89.6 Å². The molecule has 32 heavy (non-hydrogen) atoms. The molecule has 3 aromatic rings. The molecule has 2 aromatic heterocycles. The minimum absolute atomic E-state index is 0.211. The van der Waals surface area contributed by atoms with Crippen LogP contribution in [0.5, 0.6) is 0 Å². The molecule has 2 fully saturated rings. The Balaban J connectivity index is 1.63. The summed E-state index contributed by atoms with van der Waals surface area (Å²) in [7, 11) is 0. The fourth-order valence-electron chi connectivity index (χ4n) is 4.37. The average molecular weight is 435 g/mol. The number of nitrogens with zero attached hydrogens (tertiary/aromatic N) is 5. The maximum absolute atomic E-state index is 5.75. The number of nitrogens with two attached hydrogens (primary N) is 1. The van der Waals surface area contributed by atoms with Gasteiger partial charge in [-0.1, -0.05) is 24.3 Å². The van der Waals surface area contributed by atoms with Crippen LogP contribution in [0.25, 0.3) is 22.3 Å². The van der Waals surface area contributed by atoms with Crippen molar-refractivity contribution in [1.29, 1.82) is 0 Å². The van der Waals surface area contributed by atoms with E-state index in [1.165, 1.54) is 0 Å². The van der Waals surface area contributed by atoms with Gasteiger partial charge >= 0.3 is 0 Å². The van der Waals surface area contributed by atoms with E-state index in [0.29, 0.717) is 44.6 Å². The number of ether oxygens (including phenoxy) is 2. The van der Waals surface area contributed by atoms with Crippen molar-refractivity contribution < 1.29 is 9.47 Å². The van der Waals surface area contributed by atoms with Crippen molar-refractivity contribution in [2.45, 2.75) is 32.5 Å². The Hall–Kier alpha value is -2.81. The molecule has 2 N–H and O–H groups in total. The van der Waals surface area contributed by atoms with Gasteiger partial charge in [0.15, 0.2) is 5.65 Å². The highest BCUT2D eigenvalue weighted by Crippen LogP contribution is 2.31. The van der Waals surface area contributed by atoms with Crippen LogP contribution in [0.15, 0.2) is 36.4 Å². The largest absolute Gasteiger partial charge is 0.377 e. The zero-order valence-electron chi connectivity index (χ0n) is 18.7. The Morgan fingerprint density at radius 1 is 0.875 bits per heavy atom. The van der Waals surface area contributed by atoms with Crippen LogP contribution in [-0.2, 0) is 16.0 Å². The van der Waals surface area contributed by atoms with Gasteiger partial charge in [0.05, 0.1) is 49.6 Å². The number of benzene rings is 1. The van der Waals surface area contributed by atoms with E-state index in [-0.39, 0.29) is 12.1 Å². The number of hydrogen-bond donors (Lipinski definition) is 1. The third-order valence-electron chi connectivity index (χ3n) is 6.28. The standard InChI is InChI=1S/C24H30N6O2/c1-16-14-31-11-9-29(16)23-20-7-8-21(19-5-3-18(13-25)4-6-19)26-22(20)27-24(28-23)30-10-12-32-15-17(30)2/h3-8,16-17H,9-15,25H2,1-2H3/t16-,17?/m0/s1. The quantitative estimate of drug-likeness (QED) is 0.670. The fourth-order valence-corrected chi connectivity index (χ4v) is 4.37. The van der Waals surface area contributed by atoms with E-state index in [1.54, 1.807) is 0 Å². The van der Waals surface area contributed by atoms with Crippen LogP contribution in [0.2, 0.25) is 0 Å². The molecule has 8 heteroatoms. The van der Waals surface area contributed by atoms with E-state index >= 15 is 0 Å². The van der Waals surface area contributed by atoms with Crippen LogP contribution in [0, 0.1) is 0 Å². The molecule has 2 aliphatic heterocycles. The molecule has 1 aromatic carbocycles. The Kier molecular flexibility index (Phi) is 5.91. The van der Waals surface area contributed by atoms with Crippen molar-refractivity contribution in [3.05, 3.63) is 42.0 Å². The van der Waals surface area contributed by atoms with Gasteiger partial charge in [-0.05, 0) is 31.5 Å². The number of anilines is 2. The van der Waals surface area contributed by atoms with Crippen LogP contribution < -0.4 is 15.5 Å². The van der Waals surface area contributed by atoms with Gasteiger partial charge in [-0.25, -0.2) is 4.98 Å². The number of morpholine rings is 2. The second-order valence-corrected chi connectivity index (χ2v) is 8.55. The first-order valence-electron chi connectivity index (χ1n) is 11.3. The summed E-state index contributed by atoms with van der Waals surface area (Å²) < 4.78 is 11.3. The summed E-state index contributed by atoms with van der Waals surface area (Å²) in [6, 6.07) is 12.8. The molecule has 2 saturated heterocycles. The van der Waals surface area contributed by atoms with Gasteiger partial charge in [0.2, 0.25) is 5.95 Å². The van der Waals surface area contributed by atoms with E-state index in [2.05, 4.69) is 47.9 Å². The van der Waals surface area contributed by atoms with Gasteiger partial charge in [0.1, 0.15) is 5.82 Å². The molecule has 0 aliphatic carbocycles. The maximum Gasteiger partial charge on any atom is 0.229 e. The highest BCUT2D eigenvalue weighted by atomic mass is 16.5. The molecule has 2 aliphatic rings. The Bertz CT molecular complexity index is 1090. The highest BCUT2D eigenvalue weighted by molar-refractivity contribution is 5.90. The van der Waals surface area contributed by atoms with Crippen molar-refractivity contribution in [3.8, 4) is 11.3 Å². The lowest BCUT2D eigenvalue weighted by Gasteiger charge is -2.37. The molecule has 8 nitrogen and oxygen atoms in total. The second kappa shape index (κ2) is 8.97. The molecule has 168 valence electrons. The van der Waals surface area contributed by atoms with E-state index in [9.17, 15) is 0 Å². The Labute approximate surface area is 188 Å². The van der Waals surface area contributed by atoms with Gasteiger partial charge in [-0.2, -0.15) is 9.97 Å². The Morgan fingerprint density at radius 2 is 1.56 bits per heavy atom. The SMILES string of the molecule is CC1COCCN1c1nc(N2CCOC[C@@H]2C)c2ccc(-c3ccc(CN)cc3)nc2n1. The summed E-state index contributed by atoms with van der Waals surface area (Å²) in [6.45, 7) is 9.14. The van der Waals surface area contributed by atoms with Gasteiger partial charge in [-0.15, -0.1) is 0 Å². The zero-order chi connectivity index (χ0) is 22.1. The summed E-state index contributed by atoms with van der Waals surface area (Å²) in [5, 5.41) is 0.964. The van der Waals surface area contributed by atoms with Crippen molar-refractivity contribution in [1.82, 2.24) is 15.0 Å². The summed E-state index contributed by atoms with van der Waals surface area (Å²) >= 11 is 0. The van der Waals surface area contributed by atoms with Crippen molar-refractivity contribution in [2.75, 3.05) is 49.3 Å². The predicted octanol–water partition coefficient (Wildman–Crippen LogP) is 2.60. The van der Waals surface area contributed by atoms with Crippen LogP contribution in [0.3, 0.4) is 0 Å². The van der Waals surface area contributed by atoms with E-state index in [0.717, 1.165) is 41.1 Å². The molecule has 0 bridgehead atoms. The third kappa shape index (κ3) is 4.01. The molecular formula is C24H30N6O2. The summed E-state index contributed by atoms with van der Waals surface area (Å²) in [4.78, 5) is 19.5. The zero-order valence-corrected chi connectivity index (χ0v) is 18.7. The summed E-state index contributed by atoms with van der Waals surface area (Å²) in [5.41, 5.74) is 9.50. The van der Waals surface area contributed by atoms with Crippen LogP contribution in [0.4, 0.5) is 11.8 Å². The number of pyridine rings is 1. The minimum atomic E-state index is 0.211. The maximum atomic E-state index is 5.75. The monoisotopic (exact) mass is 434 g/mol. The molecule has 0 amide bonds. The smallest absolute Gasteiger partial charge is 0.229 e. The highest BCUT2D eigenvalue weighted by Gasteiger charge is 2.27. The number of fused-ring (bicyclic) bond motifs is 1. The molecule has 0 spiro atoms. The summed E-state index contributed by atoms with van der Waals surface area (Å²) in [6.07, 6.45) is 0. The van der Waals surface area contributed by atoms with Gasteiger partial charge in [0, 0.05) is 25.2 Å². The van der Waals surface area contributed by atoms with E-state index < -0.39 is 0 Å². The third-order valence-corrected chi connectivity index (χ3v) is 6.28. The lowest BCUT2D eigenvalue weighted by molar-refractivity contribution is 0.0973. The molecule has 0 radical (unpaired) electrons. The molecule has 4 heterocycles. The minimum Gasteiger partial charge on any atom is -0.377 e. The molecular weight excluding hydrogens is 404 g/mol. The number of aromatic nitrogens is 3. The Morgan fingerprint density at radius 3 is 2.22 bits per heavy atom. The first-order chi connectivity index (χ1) is 15.6. The van der Waals surface area contributed by atoms with Gasteiger partial charge in [0.25, 0.3) is 0 Å². The number of rotatable bonds is 4. The number of hydrogen-bond acceptors (Lipinski definition) is 8. The normalized spacial score (nSPS) is 21.8. The second-order valence-electron chi connectivity index (χ2n) is 8.55. The van der Waals surface area contributed by atoms with Crippen molar-refractivity contribution in [3.63, 3.8) is 0 Å². The van der Waals surface area contributed by atoms with Gasteiger partial charge in [-0.3, -0.25) is 0 Å². The van der Waals surface area contributed by atoms with Crippen LogP contribution in [0.1, 0.15) is 19.4 Å². The molecule has 5 rings (SSSR count). The van der Waals surface area contributed by atoms with E-state index in [4.69, 9.17) is 30.2 Å². The lowest BCUT2D eigenvalue weighted by atomic mass is 10.1. The molecule has 0 saturated carbocycles. The summed E-state index contributed by atoms with van der Waals surface area (Å²) in [5.74, 6) is 1.64. The fraction of sp³-hybridized carbons (Fsp3) is 0.458. The lowest BCUT2D eigenvalue weighted by Crippen LogP contribution is -2.46. The predicted molar refractivity (Wildman–Crippen MR) is 126 cm³/mol.